The molecule has 0 unspecified atom stereocenters. The molecule has 0 radical (unpaired) electrons. The highest BCUT2D eigenvalue weighted by Gasteiger charge is 2.44. The van der Waals surface area contributed by atoms with Gasteiger partial charge in [-0.15, -0.1) is 0 Å². The normalized spacial score (nSPS) is 19.4. The molecule has 1 amide bonds. The molecule has 2 N–H and O–H groups in total. The van der Waals surface area contributed by atoms with Crippen molar-refractivity contribution in [3.05, 3.63) is 75.6 Å². The highest BCUT2D eigenvalue weighted by atomic mass is 16.5. The monoisotopic (exact) mass is 638 g/mol. The lowest BCUT2D eigenvalue weighted by Gasteiger charge is -2.37. The molecule has 4 heterocycles. The van der Waals surface area contributed by atoms with Gasteiger partial charge in [0.05, 0.1) is 0 Å². The van der Waals surface area contributed by atoms with Crippen LogP contribution in [0.15, 0.2) is 58.9 Å². The van der Waals surface area contributed by atoms with E-state index in [1.54, 1.807) is 0 Å². The Kier molecular flexibility index (Phi) is 9.65. The second-order valence-electron chi connectivity index (χ2n) is 13.9. The summed E-state index contributed by atoms with van der Waals surface area (Å²) in [5.74, 6) is 1.86. The summed E-state index contributed by atoms with van der Waals surface area (Å²) in [5.41, 5.74) is 10.6. The van der Waals surface area contributed by atoms with E-state index in [4.69, 9.17) is 9.47 Å². The van der Waals surface area contributed by atoms with E-state index in [9.17, 15) is 9.59 Å². The molecule has 0 atom stereocenters. The smallest absolute Gasteiger partial charge is 0.251 e. The molecule has 1 spiro atoms. The molecule has 4 aliphatic heterocycles. The van der Waals surface area contributed by atoms with Crippen LogP contribution in [0.3, 0.4) is 0 Å². The van der Waals surface area contributed by atoms with Crippen LogP contribution in [0.5, 0.6) is 0 Å². The number of ether oxygens (including phenoxy) is 2. The maximum absolute atomic E-state index is 14.1. The van der Waals surface area contributed by atoms with Gasteiger partial charge in [0, 0.05) is 91.8 Å². The van der Waals surface area contributed by atoms with E-state index in [1.165, 1.54) is 11.3 Å². The third kappa shape index (κ3) is 6.39. The van der Waals surface area contributed by atoms with Gasteiger partial charge in [0.15, 0.2) is 5.94 Å². The fourth-order valence-corrected chi connectivity index (χ4v) is 8.06. The van der Waals surface area contributed by atoms with Crippen LogP contribution in [0.25, 0.3) is 11.1 Å². The van der Waals surface area contributed by atoms with Crippen molar-refractivity contribution in [2.45, 2.75) is 84.7 Å². The highest BCUT2D eigenvalue weighted by molar-refractivity contribution is 5.99. The molecule has 2 saturated heterocycles. The van der Waals surface area contributed by atoms with Crippen molar-refractivity contribution in [1.29, 1.82) is 0 Å². The Balaban J connectivity index is 1.41. The number of hydrogen-bond acceptors (Lipinski definition) is 7. The Morgan fingerprint density at radius 3 is 2.47 bits per heavy atom. The van der Waals surface area contributed by atoms with Crippen LogP contribution >= 0.6 is 0 Å². The average Bonchev–Trinajstić information content (AvgIpc) is 3.38. The first-order chi connectivity index (χ1) is 22.7. The maximum atomic E-state index is 14.1. The molecule has 250 valence electrons. The largest absolute Gasteiger partial charge is 0.381 e. The standard InChI is InChI=1S/C39H50N4O4/c1-7-42(31-10-14-46-15-11-31)36-21-30(19-32(28(36)6)38(45)40-22-33-26(4)18-27(5)41-35(33)23-44)29-8-9-34-37(20-29)43(25(2)3)24-39(34)12-16-47-17-13-39/h8-9,18-21,25,31,41H,7,10-17,22,24H2,1-6H3,(H,40,45). The van der Waals surface area contributed by atoms with Gasteiger partial charge in [-0.1, -0.05) is 12.1 Å². The maximum Gasteiger partial charge on any atom is 0.251 e. The second kappa shape index (κ2) is 13.7. The molecule has 47 heavy (non-hydrogen) atoms. The van der Waals surface area contributed by atoms with Gasteiger partial charge in [-0.25, -0.2) is 4.79 Å². The molecule has 0 saturated carbocycles. The van der Waals surface area contributed by atoms with Gasteiger partial charge in [-0.05, 0) is 119 Å². The first-order valence-corrected chi connectivity index (χ1v) is 17.3. The molecule has 0 aliphatic carbocycles. The Labute approximate surface area is 279 Å². The molecule has 6 rings (SSSR count). The van der Waals surface area contributed by atoms with Crippen molar-refractivity contribution in [1.82, 2.24) is 10.6 Å². The average molecular weight is 639 g/mol. The topological polar surface area (TPSA) is 83.1 Å². The van der Waals surface area contributed by atoms with Crippen molar-refractivity contribution in [3.8, 4) is 11.1 Å². The van der Waals surface area contributed by atoms with E-state index in [2.05, 4.69) is 72.4 Å². The molecular weight excluding hydrogens is 588 g/mol. The Bertz CT molecular complexity index is 1640. The minimum atomic E-state index is -0.156. The number of carbonyl (C=O) groups excluding carboxylic acids is 2. The number of amides is 1. The van der Waals surface area contributed by atoms with Crippen molar-refractivity contribution in [2.24, 2.45) is 0 Å². The lowest BCUT2D eigenvalue weighted by molar-refractivity contribution is 0.0550. The second-order valence-corrected chi connectivity index (χ2v) is 13.9. The summed E-state index contributed by atoms with van der Waals surface area (Å²) in [6.07, 6.45) is 5.99. The molecule has 0 aromatic heterocycles. The van der Waals surface area contributed by atoms with Gasteiger partial charge in [-0.3, -0.25) is 4.79 Å². The number of hydrogen-bond donors (Lipinski definition) is 2. The molecule has 2 aromatic rings. The van der Waals surface area contributed by atoms with Gasteiger partial charge in [0.25, 0.3) is 5.91 Å². The minimum Gasteiger partial charge on any atom is -0.381 e. The third-order valence-corrected chi connectivity index (χ3v) is 10.7. The Morgan fingerprint density at radius 2 is 1.79 bits per heavy atom. The Morgan fingerprint density at radius 1 is 1.06 bits per heavy atom. The SMILES string of the molecule is CCN(c1cc(-c2ccc3c(c2)N(C(C)C)CC32CCOCC2)cc(C(=O)NCC2=C(C)C=C(C)NC2=C=O)c1C)C1CCOCC1. The lowest BCUT2D eigenvalue weighted by Crippen LogP contribution is -2.40. The van der Waals surface area contributed by atoms with Crippen LogP contribution in [-0.2, 0) is 19.7 Å². The van der Waals surface area contributed by atoms with Gasteiger partial charge in [-0.2, -0.15) is 0 Å². The van der Waals surface area contributed by atoms with E-state index < -0.39 is 0 Å². The Hall–Kier alpha value is -3.84. The number of nitrogens with zero attached hydrogens (tertiary/aromatic N) is 2. The van der Waals surface area contributed by atoms with Crippen molar-refractivity contribution in [2.75, 3.05) is 55.9 Å². The summed E-state index contributed by atoms with van der Waals surface area (Å²) in [4.78, 5) is 30.9. The summed E-state index contributed by atoms with van der Waals surface area (Å²) in [5, 5.41) is 6.23. The number of dihydropyridines is 1. The summed E-state index contributed by atoms with van der Waals surface area (Å²) in [7, 11) is 0. The lowest BCUT2D eigenvalue weighted by atomic mass is 9.75. The number of rotatable bonds is 8. The van der Waals surface area contributed by atoms with Crippen molar-refractivity contribution >= 4 is 23.2 Å². The summed E-state index contributed by atoms with van der Waals surface area (Å²) in [6, 6.07) is 12.0. The number of carbonyl (C=O) groups is 1. The minimum absolute atomic E-state index is 0.130. The van der Waals surface area contributed by atoms with Gasteiger partial charge < -0.3 is 29.9 Å². The zero-order chi connectivity index (χ0) is 33.3. The number of allylic oxidation sites excluding steroid dienone is 3. The van der Waals surface area contributed by atoms with E-state index in [0.29, 0.717) is 23.3 Å². The van der Waals surface area contributed by atoms with Crippen LogP contribution in [0.4, 0.5) is 11.4 Å². The summed E-state index contributed by atoms with van der Waals surface area (Å²) < 4.78 is 11.5. The number of anilines is 2. The predicted molar refractivity (Wildman–Crippen MR) is 189 cm³/mol. The fraction of sp³-hybridized carbons (Fsp3) is 0.513. The van der Waals surface area contributed by atoms with Crippen LogP contribution in [0.2, 0.25) is 0 Å². The van der Waals surface area contributed by atoms with Crippen LogP contribution < -0.4 is 20.4 Å². The van der Waals surface area contributed by atoms with Crippen LogP contribution in [0.1, 0.15) is 81.8 Å². The van der Waals surface area contributed by atoms with Gasteiger partial charge in [0.1, 0.15) is 5.70 Å². The van der Waals surface area contributed by atoms with E-state index in [1.807, 2.05) is 31.9 Å². The fourth-order valence-electron chi connectivity index (χ4n) is 8.06. The van der Waals surface area contributed by atoms with Crippen LogP contribution in [0, 0.1) is 6.92 Å². The number of benzene rings is 2. The van der Waals surface area contributed by atoms with Gasteiger partial charge in [0.2, 0.25) is 0 Å². The van der Waals surface area contributed by atoms with E-state index >= 15 is 0 Å². The first kappa shape index (κ1) is 33.1. The molecule has 8 nitrogen and oxygen atoms in total. The number of nitrogens with one attached hydrogen (secondary N) is 2. The molecule has 8 heteroatoms. The molecular formula is C39H50N4O4. The first-order valence-electron chi connectivity index (χ1n) is 17.3. The van der Waals surface area contributed by atoms with Crippen molar-refractivity contribution < 1.29 is 19.1 Å². The van der Waals surface area contributed by atoms with Crippen molar-refractivity contribution in [3.63, 3.8) is 0 Å². The quantitative estimate of drug-likeness (QED) is 0.333. The third-order valence-electron chi connectivity index (χ3n) is 10.7. The van der Waals surface area contributed by atoms with E-state index in [0.717, 1.165) is 104 Å². The molecule has 4 aliphatic rings. The number of fused-ring (bicyclic) bond motifs is 2. The molecule has 2 fully saturated rings. The zero-order valence-corrected chi connectivity index (χ0v) is 28.9. The van der Waals surface area contributed by atoms with Gasteiger partial charge >= 0.3 is 0 Å². The molecule has 2 aromatic carbocycles. The van der Waals surface area contributed by atoms with Crippen LogP contribution in [-0.4, -0.2) is 70.0 Å². The molecule has 0 bridgehead atoms. The van der Waals surface area contributed by atoms with E-state index in [-0.39, 0.29) is 17.9 Å². The predicted octanol–water partition coefficient (Wildman–Crippen LogP) is 6.21. The zero-order valence-electron chi connectivity index (χ0n) is 28.9. The highest BCUT2D eigenvalue weighted by Crippen LogP contribution is 2.49. The summed E-state index contributed by atoms with van der Waals surface area (Å²) in [6.45, 7) is 17.9. The summed E-state index contributed by atoms with van der Waals surface area (Å²) >= 11 is 0.